The summed E-state index contributed by atoms with van der Waals surface area (Å²) >= 11 is 0. The number of hydrogen-bond acceptors (Lipinski definition) is 6. The zero-order chi connectivity index (χ0) is 16.3. The third-order valence-electron chi connectivity index (χ3n) is 2.89. The topological polar surface area (TPSA) is 95.7 Å². The first-order chi connectivity index (χ1) is 10.3. The number of aryl methyl sites for hydroxylation is 1. The van der Waals surface area contributed by atoms with E-state index in [4.69, 9.17) is 8.92 Å². The van der Waals surface area contributed by atoms with Crippen molar-refractivity contribution >= 4 is 15.8 Å². The van der Waals surface area contributed by atoms with Crippen LogP contribution in [0.4, 0.5) is 5.69 Å². The molecule has 116 valence electrons. The number of non-ortho nitro benzene ring substituents is 1. The Hall–Kier alpha value is -2.61. The van der Waals surface area contributed by atoms with Crippen molar-refractivity contribution in [1.82, 2.24) is 0 Å². The van der Waals surface area contributed by atoms with Gasteiger partial charge in [0.2, 0.25) is 0 Å². The fourth-order valence-electron chi connectivity index (χ4n) is 1.83. The number of rotatable bonds is 5. The molecule has 2 aromatic rings. The molecular weight excluding hydrogens is 310 g/mol. The molecule has 0 unspecified atom stereocenters. The lowest BCUT2D eigenvalue weighted by Crippen LogP contribution is -2.10. The van der Waals surface area contributed by atoms with Crippen molar-refractivity contribution in [2.45, 2.75) is 11.8 Å². The van der Waals surface area contributed by atoms with Crippen molar-refractivity contribution in [3.05, 3.63) is 58.1 Å². The van der Waals surface area contributed by atoms with Crippen molar-refractivity contribution in [2.24, 2.45) is 0 Å². The van der Waals surface area contributed by atoms with E-state index in [0.717, 1.165) is 6.07 Å². The molecule has 0 aromatic heterocycles. The summed E-state index contributed by atoms with van der Waals surface area (Å²) in [4.78, 5) is 10.0. The Bertz CT molecular complexity index is 816. The summed E-state index contributed by atoms with van der Waals surface area (Å²) < 4.78 is 34.4. The fourth-order valence-corrected chi connectivity index (χ4v) is 2.84. The van der Waals surface area contributed by atoms with Crippen LogP contribution >= 0.6 is 0 Å². The number of nitro groups is 1. The van der Waals surface area contributed by atoms with Crippen LogP contribution in [0, 0.1) is 17.0 Å². The summed E-state index contributed by atoms with van der Waals surface area (Å²) in [6.07, 6.45) is 0. The Kier molecular flexibility index (Phi) is 4.32. The van der Waals surface area contributed by atoms with Gasteiger partial charge in [0.05, 0.1) is 18.1 Å². The summed E-state index contributed by atoms with van der Waals surface area (Å²) in [6, 6.07) is 9.25. The van der Waals surface area contributed by atoms with Gasteiger partial charge in [0.1, 0.15) is 16.4 Å². The molecule has 0 fully saturated rings. The predicted octanol–water partition coefficient (Wildman–Crippen LogP) is 2.68. The van der Waals surface area contributed by atoms with E-state index in [-0.39, 0.29) is 16.3 Å². The highest BCUT2D eigenvalue weighted by molar-refractivity contribution is 7.87. The lowest BCUT2D eigenvalue weighted by atomic mass is 10.2. The Morgan fingerprint density at radius 2 is 1.86 bits per heavy atom. The molecule has 0 aliphatic heterocycles. The zero-order valence-electron chi connectivity index (χ0n) is 11.8. The smallest absolute Gasteiger partial charge is 0.339 e. The lowest BCUT2D eigenvalue weighted by molar-refractivity contribution is -0.384. The van der Waals surface area contributed by atoms with Crippen LogP contribution in [0.25, 0.3) is 0 Å². The number of nitro benzene ring substituents is 1. The highest BCUT2D eigenvalue weighted by Gasteiger charge is 2.19. The summed E-state index contributed by atoms with van der Waals surface area (Å²) in [5, 5.41) is 10.7. The van der Waals surface area contributed by atoms with Crippen LogP contribution in [0.15, 0.2) is 47.4 Å². The molecule has 0 radical (unpaired) electrons. The van der Waals surface area contributed by atoms with E-state index in [0.29, 0.717) is 11.3 Å². The van der Waals surface area contributed by atoms with Crippen LogP contribution in [0.1, 0.15) is 5.56 Å². The van der Waals surface area contributed by atoms with E-state index in [1.165, 1.54) is 43.5 Å². The second-order valence-electron chi connectivity index (χ2n) is 4.42. The maximum absolute atomic E-state index is 12.2. The van der Waals surface area contributed by atoms with Crippen LogP contribution in [-0.2, 0) is 10.1 Å². The van der Waals surface area contributed by atoms with E-state index in [1.54, 1.807) is 6.92 Å². The first-order valence-corrected chi connectivity index (χ1v) is 7.58. The van der Waals surface area contributed by atoms with Crippen molar-refractivity contribution in [2.75, 3.05) is 7.11 Å². The molecule has 0 saturated heterocycles. The average molecular weight is 323 g/mol. The maximum atomic E-state index is 12.2. The van der Waals surface area contributed by atoms with Gasteiger partial charge in [-0.2, -0.15) is 8.42 Å². The van der Waals surface area contributed by atoms with Gasteiger partial charge in [0.25, 0.3) is 5.69 Å². The number of methoxy groups -OCH3 is 1. The van der Waals surface area contributed by atoms with E-state index in [1.807, 2.05) is 0 Å². The molecule has 0 atom stereocenters. The SMILES string of the molecule is COc1ccc(S(=O)(=O)Oc2cccc([N+](=O)[O-])c2)cc1C. The van der Waals surface area contributed by atoms with Gasteiger partial charge in [-0.05, 0) is 36.8 Å². The molecule has 0 aliphatic rings. The van der Waals surface area contributed by atoms with Gasteiger partial charge < -0.3 is 8.92 Å². The molecule has 0 saturated carbocycles. The summed E-state index contributed by atoms with van der Waals surface area (Å²) in [6.45, 7) is 1.70. The third kappa shape index (κ3) is 3.34. The van der Waals surface area contributed by atoms with Crippen LogP contribution in [-0.4, -0.2) is 20.5 Å². The summed E-state index contributed by atoms with van der Waals surface area (Å²) in [5.74, 6) is 0.428. The molecule has 8 heteroatoms. The van der Waals surface area contributed by atoms with E-state index < -0.39 is 15.0 Å². The maximum Gasteiger partial charge on any atom is 0.339 e. The minimum Gasteiger partial charge on any atom is -0.496 e. The van der Waals surface area contributed by atoms with Gasteiger partial charge in [-0.1, -0.05) is 6.07 Å². The minimum atomic E-state index is -4.08. The highest BCUT2D eigenvalue weighted by Crippen LogP contribution is 2.26. The Morgan fingerprint density at radius 3 is 2.45 bits per heavy atom. The first-order valence-electron chi connectivity index (χ1n) is 6.17. The number of ether oxygens (including phenoxy) is 1. The molecule has 0 bridgehead atoms. The Morgan fingerprint density at radius 1 is 1.14 bits per heavy atom. The van der Waals surface area contributed by atoms with Crippen molar-refractivity contribution in [3.8, 4) is 11.5 Å². The molecular formula is C14H13NO6S. The van der Waals surface area contributed by atoms with Crippen molar-refractivity contribution < 1.29 is 22.3 Å². The molecule has 2 aromatic carbocycles. The molecule has 0 N–H and O–H groups in total. The molecule has 2 rings (SSSR count). The van der Waals surface area contributed by atoms with Gasteiger partial charge >= 0.3 is 10.1 Å². The second kappa shape index (κ2) is 6.02. The van der Waals surface area contributed by atoms with Crippen molar-refractivity contribution in [1.29, 1.82) is 0 Å². The number of nitrogens with zero attached hydrogens (tertiary/aromatic N) is 1. The number of hydrogen-bond donors (Lipinski definition) is 0. The van der Waals surface area contributed by atoms with E-state index >= 15 is 0 Å². The molecule has 22 heavy (non-hydrogen) atoms. The Balaban J connectivity index is 2.33. The standard InChI is InChI=1S/C14H13NO6S/c1-10-8-13(6-7-14(10)20-2)22(18,19)21-12-5-3-4-11(9-12)15(16)17/h3-9H,1-2H3. The average Bonchev–Trinajstić information content (AvgIpc) is 2.47. The zero-order valence-corrected chi connectivity index (χ0v) is 12.7. The van der Waals surface area contributed by atoms with Gasteiger partial charge in [-0.3, -0.25) is 10.1 Å². The normalized spacial score (nSPS) is 11.0. The highest BCUT2D eigenvalue weighted by atomic mass is 32.2. The monoisotopic (exact) mass is 323 g/mol. The second-order valence-corrected chi connectivity index (χ2v) is 5.97. The number of benzene rings is 2. The van der Waals surface area contributed by atoms with Crippen LogP contribution in [0.5, 0.6) is 11.5 Å². The van der Waals surface area contributed by atoms with Crippen LogP contribution in [0.3, 0.4) is 0 Å². The van der Waals surface area contributed by atoms with E-state index in [2.05, 4.69) is 0 Å². The molecule has 0 amide bonds. The van der Waals surface area contributed by atoms with Gasteiger partial charge in [-0.25, -0.2) is 0 Å². The fraction of sp³-hybridized carbons (Fsp3) is 0.143. The summed E-state index contributed by atoms with van der Waals surface area (Å²) in [7, 11) is -2.60. The van der Waals surface area contributed by atoms with Gasteiger partial charge in [0.15, 0.2) is 0 Å². The van der Waals surface area contributed by atoms with Crippen LogP contribution < -0.4 is 8.92 Å². The summed E-state index contributed by atoms with van der Waals surface area (Å²) in [5.41, 5.74) is 0.379. The van der Waals surface area contributed by atoms with Crippen LogP contribution in [0.2, 0.25) is 0 Å². The van der Waals surface area contributed by atoms with E-state index in [9.17, 15) is 18.5 Å². The largest absolute Gasteiger partial charge is 0.496 e. The van der Waals surface area contributed by atoms with Gasteiger partial charge in [-0.15, -0.1) is 0 Å². The Labute approximate surface area is 127 Å². The molecule has 0 aliphatic carbocycles. The molecule has 0 heterocycles. The minimum absolute atomic E-state index is 0.0580. The van der Waals surface area contributed by atoms with Crippen molar-refractivity contribution in [3.63, 3.8) is 0 Å². The lowest BCUT2D eigenvalue weighted by Gasteiger charge is -2.09. The quantitative estimate of drug-likeness (QED) is 0.477. The predicted molar refractivity (Wildman–Crippen MR) is 78.6 cm³/mol. The van der Waals surface area contributed by atoms with Gasteiger partial charge in [0, 0.05) is 6.07 Å². The first kappa shape index (κ1) is 15.8. The third-order valence-corrected chi connectivity index (χ3v) is 4.13. The molecule has 0 spiro atoms. The molecule has 7 nitrogen and oxygen atoms in total.